The number of carbonyl (C=O) groups is 1. The fourth-order valence-electron chi connectivity index (χ4n) is 2.96. The molecule has 3 heterocycles. The maximum Gasteiger partial charge on any atom is 0.273 e. The van der Waals surface area contributed by atoms with Crippen LogP contribution in [-0.4, -0.2) is 57.0 Å². The molecule has 1 N–H and O–H groups in total. The summed E-state index contributed by atoms with van der Waals surface area (Å²) in [5.41, 5.74) is 1.45. The van der Waals surface area contributed by atoms with Crippen LogP contribution in [0.3, 0.4) is 0 Å². The van der Waals surface area contributed by atoms with Gasteiger partial charge < -0.3 is 10.2 Å². The number of carbonyl (C=O) groups excluding carboxylic acids is 1. The lowest BCUT2D eigenvalue weighted by molar-refractivity contribution is 0.0949. The lowest BCUT2D eigenvalue weighted by atomic mass is 10.1. The molecule has 7 nitrogen and oxygen atoms in total. The Kier molecular flexibility index (Phi) is 6.14. The molecule has 25 heavy (non-hydrogen) atoms. The van der Waals surface area contributed by atoms with Crippen molar-refractivity contribution in [3.8, 4) is 0 Å². The number of rotatable bonds is 7. The number of hydrogen-bond acceptors (Lipinski definition) is 6. The molecule has 0 unspecified atom stereocenters. The molecule has 1 fully saturated rings. The number of aromatic nitrogens is 4. The molecule has 136 valence electrons. The molecule has 2 aromatic heterocycles. The Morgan fingerprint density at radius 3 is 2.76 bits per heavy atom. The molecule has 0 aliphatic carbocycles. The van der Waals surface area contributed by atoms with Crippen molar-refractivity contribution in [2.75, 3.05) is 26.2 Å². The Bertz CT molecular complexity index is 684. The normalized spacial score (nSPS) is 15.4. The van der Waals surface area contributed by atoms with Gasteiger partial charge in [0.25, 0.3) is 5.91 Å². The Morgan fingerprint density at radius 2 is 2.04 bits per heavy atom. The fourth-order valence-corrected chi connectivity index (χ4v) is 3.89. The van der Waals surface area contributed by atoms with Crippen molar-refractivity contribution < 1.29 is 4.79 Å². The van der Waals surface area contributed by atoms with Crippen molar-refractivity contribution >= 4 is 17.2 Å². The molecule has 0 bridgehead atoms. The van der Waals surface area contributed by atoms with E-state index < -0.39 is 0 Å². The zero-order valence-electron chi connectivity index (χ0n) is 15.0. The first-order valence-corrected chi connectivity index (χ1v) is 9.77. The first kappa shape index (κ1) is 18.0. The van der Waals surface area contributed by atoms with Crippen LogP contribution in [0.15, 0.2) is 6.20 Å². The van der Waals surface area contributed by atoms with Crippen molar-refractivity contribution in [2.24, 2.45) is 0 Å². The largest absolute Gasteiger partial charge is 0.350 e. The van der Waals surface area contributed by atoms with E-state index in [4.69, 9.17) is 0 Å². The molecule has 0 spiro atoms. The predicted molar refractivity (Wildman–Crippen MR) is 97.9 cm³/mol. The molecule has 0 radical (unpaired) electrons. The van der Waals surface area contributed by atoms with Gasteiger partial charge in [0, 0.05) is 24.4 Å². The summed E-state index contributed by atoms with van der Waals surface area (Å²) in [5, 5.41) is 12.0. The van der Waals surface area contributed by atoms with E-state index in [1.54, 1.807) is 22.2 Å². The van der Waals surface area contributed by atoms with Gasteiger partial charge in [0.15, 0.2) is 5.69 Å². The minimum atomic E-state index is -0.172. The zero-order valence-corrected chi connectivity index (χ0v) is 15.8. The molecule has 8 heteroatoms. The Labute approximate surface area is 152 Å². The minimum absolute atomic E-state index is 0.172. The zero-order chi connectivity index (χ0) is 17.6. The smallest absolute Gasteiger partial charge is 0.273 e. The Hall–Kier alpha value is -1.80. The van der Waals surface area contributed by atoms with Gasteiger partial charge in [-0.1, -0.05) is 11.6 Å². The molecule has 0 saturated carbocycles. The highest BCUT2D eigenvalue weighted by molar-refractivity contribution is 7.11. The van der Waals surface area contributed by atoms with E-state index >= 15 is 0 Å². The van der Waals surface area contributed by atoms with E-state index in [1.165, 1.54) is 24.1 Å². The highest BCUT2D eigenvalue weighted by Gasteiger charge is 2.13. The van der Waals surface area contributed by atoms with Gasteiger partial charge in [0.1, 0.15) is 0 Å². The summed E-state index contributed by atoms with van der Waals surface area (Å²) in [6.07, 6.45) is 6.38. The number of hydrogen-bond donors (Lipinski definition) is 1. The van der Waals surface area contributed by atoms with E-state index in [9.17, 15) is 4.79 Å². The quantitative estimate of drug-likeness (QED) is 0.813. The van der Waals surface area contributed by atoms with Crippen LogP contribution in [0.4, 0.5) is 0 Å². The van der Waals surface area contributed by atoms with Crippen LogP contribution in [0.5, 0.6) is 0 Å². The monoisotopic (exact) mass is 362 g/mol. The molecule has 3 rings (SSSR count). The van der Waals surface area contributed by atoms with Crippen LogP contribution in [0.25, 0.3) is 0 Å². The Balaban J connectivity index is 1.42. The SMILES string of the molecule is Cc1nc(CCNC(=O)c2cn(CCN3CCCCC3)nn2)sc1C. The molecule has 1 amide bonds. The van der Waals surface area contributed by atoms with E-state index in [-0.39, 0.29) is 5.91 Å². The van der Waals surface area contributed by atoms with Crippen LogP contribution < -0.4 is 5.32 Å². The molecular formula is C17H26N6OS. The van der Waals surface area contributed by atoms with Crippen LogP contribution in [0.2, 0.25) is 0 Å². The standard InChI is InChI=1S/C17H26N6OS/c1-13-14(2)25-16(19-13)6-7-18-17(24)15-12-23(21-20-15)11-10-22-8-4-3-5-9-22/h12H,3-11H2,1-2H3,(H,18,24). The highest BCUT2D eigenvalue weighted by Crippen LogP contribution is 2.16. The lowest BCUT2D eigenvalue weighted by Crippen LogP contribution is -2.32. The van der Waals surface area contributed by atoms with Gasteiger partial charge in [-0.2, -0.15) is 0 Å². The van der Waals surface area contributed by atoms with Crippen molar-refractivity contribution in [1.82, 2.24) is 30.2 Å². The van der Waals surface area contributed by atoms with Crippen molar-refractivity contribution in [2.45, 2.75) is 46.1 Å². The van der Waals surface area contributed by atoms with E-state index in [1.807, 2.05) is 6.92 Å². The maximum atomic E-state index is 12.2. The van der Waals surface area contributed by atoms with Crippen LogP contribution in [0.1, 0.15) is 45.3 Å². The number of nitrogens with one attached hydrogen (secondary N) is 1. The fraction of sp³-hybridized carbons (Fsp3) is 0.647. The van der Waals surface area contributed by atoms with Gasteiger partial charge >= 0.3 is 0 Å². The van der Waals surface area contributed by atoms with Gasteiger partial charge in [-0.25, -0.2) is 4.98 Å². The summed E-state index contributed by atoms with van der Waals surface area (Å²) >= 11 is 1.69. The predicted octanol–water partition coefficient (Wildman–Crippen LogP) is 1.81. The second kappa shape index (κ2) is 8.53. The summed E-state index contributed by atoms with van der Waals surface area (Å²) in [5.74, 6) is -0.172. The molecular weight excluding hydrogens is 336 g/mol. The Morgan fingerprint density at radius 1 is 1.24 bits per heavy atom. The van der Waals surface area contributed by atoms with Crippen LogP contribution >= 0.6 is 11.3 Å². The third kappa shape index (κ3) is 5.09. The van der Waals surface area contributed by atoms with Gasteiger partial charge in [-0.3, -0.25) is 9.48 Å². The molecule has 1 aliphatic heterocycles. The van der Waals surface area contributed by atoms with Crippen LogP contribution in [-0.2, 0) is 13.0 Å². The third-order valence-electron chi connectivity index (χ3n) is 4.56. The summed E-state index contributed by atoms with van der Waals surface area (Å²) < 4.78 is 1.76. The first-order chi connectivity index (χ1) is 12.1. The summed E-state index contributed by atoms with van der Waals surface area (Å²) in [4.78, 5) is 20.3. The molecule has 2 aromatic rings. The lowest BCUT2D eigenvalue weighted by Gasteiger charge is -2.25. The average molecular weight is 363 g/mol. The van der Waals surface area contributed by atoms with Gasteiger partial charge in [-0.05, 0) is 39.8 Å². The molecule has 1 saturated heterocycles. The molecule has 0 aromatic carbocycles. The number of amides is 1. The summed E-state index contributed by atoms with van der Waals surface area (Å²) in [7, 11) is 0. The second-order valence-corrected chi connectivity index (χ2v) is 7.81. The second-order valence-electron chi connectivity index (χ2n) is 6.52. The van der Waals surface area contributed by atoms with Crippen molar-refractivity contribution in [3.05, 3.63) is 27.5 Å². The topological polar surface area (TPSA) is 75.9 Å². The highest BCUT2D eigenvalue weighted by atomic mass is 32.1. The summed E-state index contributed by atoms with van der Waals surface area (Å²) in [6.45, 7) is 8.71. The number of nitrogens with zero attached hydrogens (tertiary/aromatic N) is 5. The number of piperidine rings is 1. The van der Waals surface area contributed by atoms with Crippen molar-refractivity contribution in [1.29, 1.82) is 0 Å². The molecule has 1 aliphatic rings. The van der Waals surface area contributed by atoms with Crippen molar-refractivity contribution in [3.63, 3.8) is 0 Å². The maximum absolute atomic E-state index is 12.2. The van der Waals surface area contributed by atoms with E-state index in [0.717, 1.165) is 43.3 Å². The van der Waals surface area contributed by atoms with E-state index in [0.29, 0.717) is 12.2 Å². The number of thiazole rings is 1. The van der Waals surface area contributed by atoms with Gasteiger partial charge in [0.2, 0.25) is 0 Å². The first-order valence-electron chi connectivity index (χ1n) is 8.95. The average Bonchev–Trinajstić information content (AvgIpc) is 3.21. The van der Waals surface area contributed by atoms with Gasteiger partial charge in [0.05, 0.1) is 23.4 Å². The summed E-state index contributed by atoms with van der Waals surface area (Å²) in [6, 6.07) is 0. The van der Waals surface area contributed by atoms with Crippen LogP contribution in [0, 0.1) is 13.8 Å². The van der Waals surface area contributed by atoms with Gasteiger partial charge in [-0.15, -0.1) is 16.4 Å². The minimum Gasteiger partial charge on any atom is -0.350 e. The third-order valence-corrected chi connectivity index (χ3v) is 5.70. The molecule has 0 atom stereocenters. The van der Waals surface area contributed by atoms with E-state index in [2.05, 4.69) is 32.4 Å². The number of likely N-dealkylation sites (tertiary alicyclic amines) is 1. The number of aryl methyl sites for hydroxylation is 2.